The molecule has 3 rings (SSSR count). The van der Waals surface area contributed by atoms with E-state index in [0.29, 0.717) is 10.6 Å². The molecule has 0 bridgehead atoms. The minimum Gasteiger partial charge on any atom is -0.454 e. The molecule has 3 amide bonds. The first kappa shape index (κ1) is 23.3. The molecule has 0 fully saturated rings. The number of rotatable bonds is 6. The van der Waals surface area contributed by atoms with Crippen LogP contribution in [0.5, 0.6) is 0 Å². The van der Waals surface area contributed by atoms with Crippen LogP contribution in [0, 0.1) is 0 Å². The lowest BCUT2D eigenvalue weighted by atomic mass is 10.1. The summed E-state index contributed by atoms with van der Waals surface area (Å²) in [7, 11) is 0. The van der Waals surface area contributed by atoms with E-state index in [4.69, 9.17) is 51.1 Å². The van der Waals surface area contributed by atoms with E-state index in [0.717, 1.165) is 12.0 Å². The molecule has 0 aliphatic carbocycles. The number of halogens is 4. The van der Waals surface area contributed by atoms with Crippen LogP contribution in [-0.2, 0) is 20.7 Å². The second-order valence-corrected chi connectivity index (χ2v) is 7.97. The highest BCUT2D eigenvalue weighted by Gasteiger charge is 2.42. The molecular formula is C20H14Cl4N2O5. The molecule has 0 unspecified atom stereocenters. The summed E-state index contributed by atoms with van der Waals surface area (Å²) in [6.07, 6.45) is 0.860. The number of fused-ring (bicyclic) bond motifs is 1. The number of anilines is 1. The van der Waals surface area contributed by atoms with Crippen molar-refractivity contribution in [3.63, 3.8) is 0 Å². The molecule has 11 heteroatoms. The number of hydrogen-bond acceptors (Lipinski definition) is 5. The number of ether oxygens (including phenoxy) is 1. The molecule has 0 radical (unpaired) electrons. The van der Waals surface area contributed by atoms with Crippen molar-refractivity contribution in [1.82, 2.24) is 4.90 Å². The van der Waals surface area contributed by atoms with Crippen molar-refractivity contribution in [3.8, 4) is 0 Å². The van der Waals surface area contributed by atoms with Crippen LogP contribution in [0.3, 0.4) is 0 Å². The molecule has 1 heterocycles. The zero-order chi connectivity index (χ0) is 22.9. The molecule has 1 aliphatic heterocycles. The number of hydrogen-bond donors (Lipinski definition) is 1. The Balaban J connectivity index is 1.62. The molecule has 2 aromatic carbocycles. The highest BCUT2D eigenvalue weighted by molar-refractivity contribution is 6.55. The van der Waals surface area contributed by atoms with E-state index in [1.54, 1.807) is 12.1 Å². The summed E-state index contributed by atoms with van der Waals surface area (Å²) in [5.74, 6) is -3.30. The first-order chi connectivity index (χ1) is 14.6. The number of carbonyl (C=O) groups excluding carboxylic acids is 4. The van der Waals surface area contributed by atoms with Crippen molar-refractivity contribution in [2.24, 2.45) is 0 Å². The molecule has 1 N–H and O–H groups in total. The van der Waals surface area contributed by atoms with Crippen LogP contribution in [0.1, 0.15) is 33.2 Å². The van der Waals surface area contributed by atoms with Gasteiger partial charge in [0.25, 0.3) is 17.7 Å². The van der Waals surface area contributed by atoms with E-state index < -0.39 is 36.8 Å². The summed E-state index contributed by atoms with van der Waals surface area (Å²) >= 11 is 23.9. The SMILES string of the molecule is CCc1ccc(NC(=O)COC(=O)CN2C(=O)c3c(Cl)c(Cl)c(Cl)c(Cl)c3C2=O)cc1. The van der Waals surface area contributed by atoms with Gasteiger partial charge in [0, 0.05) is 5.69 Å². The summed E-state index contributed by atoms with van der Waals surface area (Å²) in [6, 6.07) is 7.17. The van der Waals surface area contributed by atoms with E-state index >= 15 is 0 Å². The molecule has 0 atom stereocenters. The zero-order valence-corrected chi connectivity index (χ0v) is 19.0. The number of carbonyl (C=O) groups is 4. The molecule has 162 valence electrons. The molecule has 1 aliphatic rings. The van der Waals surface area contributed by atoms with Gasteiger partial charge in [-0.05, 0) is 24.1 Å². The minimum absolute atomic E-state index is 0.179. The number of imide groups is 1. The van der Waals surface area contributed by atoms with Gasteiger partial charge in [-0.1, -0.05) is 65.5 Å². The molecule has 0 saturated heterocycles. The highest BCUT2D eigenvalue weighted by atomic mass is 35.5. The third-order valence-electron chi connectivity index (χ3n) is 4.48. The van der Waals surface area contributed by atoms with Gasteiger partial charge in [0.2, 0.25) is 0 Å². The second kappa shape index (κ2) is 9.44. The summed E-state index contributed by atoms with van der Waals surface area (Å²) in [5, 5.41) is 1.73. The smallest absolute Gasteiger partial charge is 0.326 e. The lowest BCUT2D eigenvalue weighted by Crippen LogP contribution is -2.36. The Morgan fingerprint density at radius 2 is 1.42 bits per heavy atom. The van der Waals surface area contributed by atoms with Crippen LogP contribution >= 0.6 is 46.4 Å². The number of aryl methyl sites for hydroxylation is 1. The molecular weight excluding hydrogens is 490 g/mol. The fourth-order valence-corrected chi connectivity index (χ4v) is 3.90. The van der Waals surface area contributed by atoms with Gasteiger partial charge in [-0.3, -0.25) is 24.1 Å². The fourth-order valence-electron chi connectivity index (χ4n) is 2.88. The third-order valence-corrected chi connectivity index (χ3v) is 6.28. The van der Waals surface area contributed by atoms with Gasteiger partial charge in [-0.15, -0.1) is 0 Å². The maximum absolute atomic E-state index is 12.6. The third kappa shape index (κ3) is 4.65. The van der Waals surface area contributed by atoms with Gasteiger partial charge in [-0.2, -0.15) is 0 Å². The Morgan fingerprint density at radius 3 is 1.90 bits per heavy atom. The van der Waals surface area contributed by atoms with Gasteiger partial charge in [0.05, 0.1) is 31.2 Å². The first-order valence-corrected chi connectivity index (χ1v) is 10.4. The lowest BCUT2D eigenvalue weighted by molar-refractivity contribution is -0.147. The highest BCUT2D eigenvalue weighted by Crippen LogP contribution is 2.44. The van der Waals surface area contributed by atoms with Crippen molar-refractivity contribution in [3.05, 3.63) is 61.0 Å². The van der Waals surface area contributed by atoms with Gasteiger partial charge >= 0.3 is 5.97 Å². The van der Waals surface area contributed by atoms with Gasteiger partial charge in [0.1, 0.15) is 6.54 Å². The van der Waals surface area contributed by atoms with Crippen LogP contribution in [0.15, 0.2) is 24.3 Å². The van der Waals surface area contributed by atoms with Crippen molar-refractivity contribution < 1.29 is 23.9 Å². The minimum atomic E-state index is -0.976. The van der Waals surface area contributed by atoms with Crippen molar-refractivity contribution in [2.45, 2.75) is 13.3 Å². The van der Waals surface area contributed by atoms with E-state index in [9.17, 15) is 19.2 Å². The predicted molar refractivity (Wildman–Crippen MR) is 117 cm³/mol. The van der Waals surface area contributed by atoms with Crippen LogP contribution < -0.4 is 5.32 Å². The van der Waals surface area contributed by atoms with Gasteiger partial charge in [0.15, 0.2) is 6.61 Å². The van der Waals surface area contributed by atoms with Crippen LogP contribution in [0.25, 0.3) is 0 Å². The topological polar surface area (TPSA) is 92.8 Å². The Hall–Kier alpha value is -2.32. The lowest BCUT2D eigenvalue weighted by Gasteiger charge is -2.13. The van der Waals surface area contributed by atoms with Crippen molar-refractivity contribution in [2.75, 3.05) is 18.5 Å². The van der Waals surface area contributed by atoms with Gasteiger partial charge in [-0.25, -0.2) is 0 Å². The molecule has 31 heavy (non-hydrogen) atoms. The number of benzene rings is 2. The van der Waals surface area contributed by atoms with E-state index in [1.165, 1.54) is 0 Å². The summed E-state index contributed by atoms with van der Waals surface area (Å²) in [4.78, 5) is 49.9. The van der Waals surface area contributed by atoms with Crippen LogP contribution in [-0.4, -0.2) is 41.7 Å². The normalized spacial score (nSPS) is 12.7. The van der Waals surface area contributed by atoms with E-state index in [1.807, 2.05) is 19.1 Å². The average molecular weight is 504 g/mol. The summed E-state index contributed by atoms with van der Waals surface area (Å²) in [6.45, 7) is 0.663. The Labute approximate surface area is 197 Å². The van der Waals surface area contributed by atoms with Crippen molar-refractivity contribution in [1.29, 1.82) is 0 Å². The largest absolute Gasteiger partial charge is 0.454 e. The summed E-state index contributed by atoms with van der Waals surface area (Å²) in [5.41, 5.74) is 1.16. The maximum atomic E-state index is 12.6. The predicted octanol–water partition coefficient (Wildman–Crippen LogP) is 4.64. The first-order valence-electron chi connectivity index (χ1n) is 8.92. The zero-order valence-electron chi connectivity index (χ0n) is 15.9. The second-order valence-electron chi connectivity index (χ2n) is 6.46. The Bertz CT molecular complexity index is 1050. The number of amides is 3. The molecule has 0 aromatic heterocycles. The summed E-state index contributed by atoms with van der Waals surface area (Å²) < 4.78 is 4.87. The monoisotopic (exact) mass is 502 g/mol. The Kier molecular flexibility index (Phi) is 7.11. The molecule has 0 saturated carbocycles. The van der Waals surface area contributed by atoms with Crippen LogP contribution in [0.4, 0.5) is 5.69 Å². The maximum Gasteiger partial charge on any atom is 0.326 e. The standard InChI is InChI=1S/C20H14Cl4N2O5/c1-2-9-3-5-10(6-4-9)25-11(27)8-31-12(28)7-26-19(29)13-14(20(26)30)16(22)18(24)17(23)15(13)21/h3-6H,2,7-8H2,1H3,(H,25,27). The van der Waals surface area contributed by atoms with Gasteiger partial charge < -0.3 is 10.1 Å². The van der Waals surface area contributed by atoms with E-state index in [2.05, 4.69) is 5.32 Å². The quantitative estimate of drug-likeness (QED) is 0.268. The van der Waals surface area contributed by atoms with Crippen LogP contribution in [0.2, 0.25) is 20.1 Å². The molecule has 7 nitrogen and oxygen atoms in total. The molecule has 0 spiro atoms. The fraction of sp³-hybridized carbons (Fsp3) is 0.200. The number of nitrogens with zero attached hydrogens (tertiary/aromatic N) is 1. The average Bonchev–Trinajstić information content (AvgIpc) is 3.00. The van der Waals surface area contributed by atoms with E-state index in [-0.39, 0.29) is 31.2 Å². The van der Waals surface area contributed by atoms with Crippen molar-refractivity contribution >= 4 is 75.8 Å². The number of nitrogens with one attached hydrogen (secondary N) is 1. The number of esters is 1. The molecule has 2 aromatic rings. The Morgan fingerprint density at radius 1 is 0.903 bits per heavy atom.